The normalized spacial score (nSPS) is 12.5. The Morgan fingerprint density at radius 3 is 2.20 bits per heavy atom. The van der Waals surface area contributed by atoms with Gasteiger partial charge in [-0.3, -0.25) is 14.0 Å². The number of para-hydroxylation sites is 1. The number of furan rings is 1. The lowest BCUT2D eigenvalue weighted by atomic mass is 10.2. The van der Waals surface area contributed by atoms with Crippen molar-refractivity contribution in [3.8, 4) is 0 Å². The molecule has 7 nitrogen and oxygen atoms in total. The van der Waals surface area contributed by atoms with Crippen LogP contribution in [0.5, 0.6) is 0 Å². The van der Waals surface area contributed by atoms with Crippen molar-refractivity contribution >= 4 is 21.6 Å². The van der Waals surface area contributed by atoms with Gasteiger partial charge in [-0.05, 0) is 62.6 Å². The molecule has 0 unspecified atom stereocenters. The number of likely N-dealkylation sites (N-methyl/N-ethyl adjacent to an activating group) is 1. The molecule has 0 aliphatic heterocycles. The van der Waals surface area contributed by atoms with E-state index >= 15 is 0 Å². The number of hydrogen-bond donors (Lipinski definition) is 1. The van der Waals surface area contributed by atoms with Crippen LogP contribution >= 0.6 is 0 Å². The standard InChI is InChI=1S/C22H25N3O4S/c1-24(2)20(21-10-7-15-29-21)16-23-22(26)17-11-13-19(14-12-17)30(27,28)25(3)18-8-5-4-6-9-18/h4-15,20H,16H2,1-3H3,(H,23,26)/t20-/m0/s1. The number of nitrogens with zero attached hydrogens (tertiary/aromatic N) is 2. The highest BCUT2D eigenvalue weighted by atomic mass is 32.2. The number of carbonyl (C=O) groups excluding carboxylic acids is 1. The van der Waals surface area contributed by atoms with E-state index in [0.717, 1.165) is 5.76 Å². The molecule has 8 heteroatoms. The second-order valence-corrected chi connectivity index (χ2v) is 9.01. The highest BCUT2D eigenvalue weighted by Gasteiger charge is 2.22. The molecular formula is C22H25N3O4S. The lowest BCUT2D eigenvalue weighted by molar-refractivity contribution is 0.0939. The van der Waals surface area contributed by atoms with Gasteiger partial charge in [0.1, 0.15) is 5.76 Å². The zero-order valence-electron chi connectivity index (χ0n) is 17.1. The molecule has 2 aromatic carbocycles. The molecule has 3 rings (SSSR count). The van der Waals surface area contributed by atoms with Gasteiger partial charge in [0, 0.05) is 19.2 Å². The maximum atomic E-state index is 12.8. The van der Waals surface area contributed by atoms with Gasteiger partial charge in [-0.2, -0.15) is 0 Å². The number of amides is 1. The third-order valence-electron chi connectivity index (χ3n) is 4.85. The molecule has 1 heterocycles. The quantitative estimate of drug-likeness (QED) is 0.597. The van der Waals surface area contributed by atoms with E-state index in [2.05, 4.69) is 5.32 Å². The minimum atomic E-state index is -3.72. The molecule has 0 saturated carbocycles. The molecule has 0 saturated heterocycles. The van der Waals surface area contributed by atoms with Gasteiger partial charge in [-0.1, -0.05) is 18.2 Å². The lowest BCUT2D eigenvalue weighted by Gasteiger charge is -2.22. The maximum Gasteiger partial charge on any atom is 0.264 e. The van der Waals surface area contributed by atoms with Gasteiger partial charge >= 0.3 is 0 Å². The number of nitrogens with one attached hydrogen (secondary N) is 1. The van der Waals surface area contributed by atoms with Crippen LogP contribution in [0.3, 0.4) is 0 Å². The summed E-state index contributed by atoms with van der Waals surface area (Å²) in [6.45, 7) is 0.357. The summed E-state index contributed by atoms with van der Waals surface area (Å²) in [5, 5.41) is 2.88. The average Bonchev–Trinajstić information content (AvgIpc) is 3.28. The molecule has 0 aliphatic carbocycles. The van der Waals surface area contributed by atoms with Crippen LogP contribution in [-0.2, 0) is 10.0 Å². The van der Waals surface area contributed by atoms with Crippen molar-refractivity contribution in [2.45, 2.75) is 10.9 Å². The maximum absolute atomic E-state index is 12.8. The molecule has 0 fully saturated rings. The van der Waals surface area contributed by atoms with E-state index in [9.17, 15) is 13.2 Å². The van der Waals surface area contributed by atoms with Crippen LogP contribution in [0, 0.1) is 0 Å². The lowest BCUT2D eigenvalue weighted by Crippen LogP contribution is -2.34. The van der Waals surface area contributed by atoms with Crippen LogP contribution in [0.1, 0.15) is 22.2 Å². The van der Waals surface area contributed by atoms with Crippen molar-refractivity contribution in [3.63, 3.8) is 0 Å². The average molecular weight is 428 g/mol. The largest absolute Gasteiger partial charge is 0.468 e. The highest BCUT2D eigenvalue weighted by molar-refractivity contribution is 7.92. The summed E-state index contributed by atoms with van der Waals surface area (Å²) < 4.78 is 32.3. The molecule has 1 amide bonds. The van der Waals surface area contributed by atoms with Crippen LogP contribution in [0.15, 0.2) is 82.3 Å². The van der Waals surface area contributed by atoms with Gasteiger partial charge in [-0.15, -0.1) is 0 Å². The Labute approximate surface area is 177 Å². The van der Waals surface area contributed by atoms with Crippen LogP contribution in [-0.4, -0.2) is 46.9 Å². The number of anilines is 1. The zero-order valence-corrected chi connectivity index (χ0v) is 18.0. The molecular weight excluding hydrogens is 402 g/mol. The molecule has 0 spiro atoms. The Balaban J connectivity index is 1.69. The van der Waals surface area contributed by atoms with Gasteiger partial charge in [0.05, 0.1) is 22.9 Å². The first-order chi connectivity index (χ1) is 14.3. The van der Waals surface area contributed by atoms with Crippen molar-refractivity contribution in [2.24, 2.45) is 0 Å². The summed E-state index contributed by atoms with van der Waals surface area (Å²) in [5.74, 6) is 0.472. The molecule has 158 valence electrons. The number of hydrogen-bond acceptors (Lipinski definition) is 5. The van der Waals surface area contributed by atoms with E-state index in [4.69, 9.17) is 4.42 Å². The van der Waals surface area contributed by atoms with Crippen molar-refractivity contribution in [2.75, 3.05) is 32.0 Å². The highest BCUT2D eigenvalue weighted by Crippen LogP contribution is 2.22. The minimum absolute atomic E-state index is 0.108. The summed E-state index contributed by atoms with van der Waals surface area (Å²) in [6.07, 6.45) is 1.60. The molecule has 1 aromatic heterocycles. The Morgan fingerprint density at radius 2 is 1.63 bits per heavy atom. The fourth-order valence-electron chi connectivity index (χ4n) is 3.02. The molecule has 0 aliphatic rings. The van der Waals surface area contributed by atoms with E-state index in [1.807, 2.05) is 31.1 Å². The fourth-order valence-corrected chi connectivity index (χ4v) is 4.22. The summed E-state index contributed by atoms with van der Waals surface area (Å²) in [6, 6.07) is 18.3. The van der Waals surface area contributed by atoms with E-state index in [-0.39, 0.29) is 16.8 Å². The zero-order chi connectivity index (χ0) is 21.7. The number of benzene rings is 2. The van der Waals surface area contributed by atoms with Gasteiger partial charge in [0.25, 0.3) is 15.9 Å². The number of carbonyl (C=O) groups is 1. The molecule has 1 N–H and O–H groups in total. The van der Waals surface area contributed by atoms with Crippen LogP contribution in [0.2, 0.25) is 0 Å². The summed E-state index contributed by atoms with van der Waals surface area (Å²) in [4.78, 5) is 14.6. The molecule has 30 heavy (non-hydrogen) atoms. The van der Waals surface area contributed by atoms with Gasteiger partial charge in [-0.25, -0.2) is 8.42 Å². The van der Waals surface area contributed by atoms with E-state index in [1.165, 1.54) is 35.6 Å². The third kappa shape index (κ3) is 4.72. The predicted octanol–water partition coefficient (Wildman–Crippen LogP) is 3.14. The smallest absolute Gasteiger partial charge is 0.264 e. The van der Waals surface area contributed by atoms with Crippen molar-refractivity contribution in [1.82, 2.24) is 10.2 Å². The van der Waals surface area contributed by atoms with Crippen LogP contribution in [0.25, 0.3) is 0 Å². The Bertz CT molecular complexity index is 1060. The first-order valence-electron chi connectivity index (χ1n) is 9.43. The van der Waals surface area contributed by atoms with E-state index in [0.29, 0.717) is 17.8 Å². The number of sulfonamides is 1. The molecule has 1 atom stereocenters. The van der Waals surface area contributed by atoms with Gasteiger partial charge in [0.15, 0.2) is 0 Å². The number of rotatable bonds is 8. The summed E-state index contributed by atoms with van der Waals surface area (Å²) in [7, 11) is 1.59. The molecule has 3 aromatic rings. The Hall–Kier alpha value is -3.10. The molecule has 0 bridgehead atoms. The Kier molecular flexibility index (Phi) is 6.59. The predicted molar refractivity (Wildman–Crippen MR) is 116 cm³/mol. The second kappa shape index (κ2) is 9.15. The van der Waals surface area contributed by atoms with Crippen molar-refractivity contribution in [1.29, 1.82) is 0 Å². The van der Waals surface area contributed by atoms with Gasteiger partial charge < -0.3 is 9.73 Å². The summed E-state index contributed by atoms with van der Waals surface area (Å²) >= 11 is 0. The van der Waals surface area contributed by atoms with Crippen LogP contribution in [0.4, 0.5) is 5.69 Å². The fraction of sp³-hybridized carbons (Fsp3) is 0.227. The first-order valence-corrected chi connectivity index (χ1v) is 10.9. The van der Waals surface area contributed by atoms with Crippen molar-refractivity contribution < 1.29 is 17.6 Å². The van der Waals surface area contributed by atoms with Crippen molar-refractivity contribution in [3.05, 3.63) is 84.3 Å². The monoisotopic (exact) mass is 427 g/mol. The third-order valence-corrected chi connectivity index (χ3v) is 6.65. The minimum Gasteiger partial charge on any atom is -0.468 e. The molecule has 0 radical (unpaired) electrons. The van der Waals surface area contributed by atoms with Crippen LogP contribution < -0.4 is 9.62 Å². The first kappa shape index (κ1) is 21.6. The summed E-state index contributed by atoms with van der Waals surface area (Å²) in [5.41, 5.74) is 0.945. The topological polar surface area (TPSA) is 82.9 Å². The Morgan fingerprint density at radius 1 is 0.967 bits per heavy atom. The van der Waals surface area contributed by atoms with Gasteiger partial charge in [0.2, 0.25) is 0 Å². The van der Waals surface area contributed by atoms with E-state index < -0.39 is 10.0 Å². The second-order valence-electron chi connectivity index (χ2n) is 7.04. The van der Waals surface area contributed by atoms with E-state index in [1.54, 1.807) is 36.6 Å². The SMILES string of the molecule is CN(C)[C@@H](CNC(=O)c1ccc(S(=O)(=O)N(C)c2ccccc2)cc1)c1ccco1.